The number of pyridine rings is 1. The van der Waals surface area contributed by atoms with Gasteiger partial charge in [-0.15, -0.1) is 0 Å². The molecule has 0 aliphatic carbocycles. The van der Waals surface area contributed by atoms with E-state index in [-0.39, 0.29) is 17.1 Å². The van der Waals surface area contributed by atoms with Crippen LogP contribution in [0.2, 0.25) is 10.0 Å². The molecule has 120 valence electrons. The van der Waals surface area contributed by atoms with Crippen molar-refractivity contribution in [3.8, 4) is 0 Å². The summed E-state index contributed by atoms with van der Waals surface area (Å²) in [5, 5.41) is 3.21. The van der Waals surface area contributed by atoms with Crippen molar-refractivity contribution in [2.24, 2.45) is 5.73 Å². The second-order valence-corrected chi connectivity index (χ2v) is 5.65. The van der Waals surface area contributed by atoms with Crippen molar-refractivity contribution in [2.45, 2.75) is 12.5 Å². The molecule has 2 rings (SSSR count). The Bertz CT molecular complexity index is 735. The lowest BCUT2D eigenvalue weighted by Gasteiger charge is -2.15. The Morgan fingerprint density at radius 3 is 2.57 bits per heavy atom. The zero-order valence-electron chi connectivity index (χ0n) is 11.9. The number of benzene rings is 1. The van der Waals surface area contributed by atoms with Crippen molar-refractivity contribution in [3.63, 3.8) is 0 Å². The van der Waals surface area contributed by atoms with E-state index in [0.717, 1.165) is 5.56 Å². The summed E-state index contributed by atoms with van der Waals surface area (Å²) in [5.41, 5.74) is 11.8. The standard InChI is InChI=1S/C15H14Cl2N4O2/c16-9-2-3-11(17)10(5-9)13(14(19)22)15(23)21-7-8-1-4-12(18)20-6-8/h1-6,13H,7H2,(H2,18,20)(H2,19,22)(H,21,23)/t13-/m0/s1. The number of halogens is 2. The van der Waals surface area contributed by atoms with Crippen molar-refractivity contribution in [1.82, 2.24) is 10.3 Å². The van der Waals surface area contributed by atoms with E-state index in [1.165, 1.54) is 18.3 Å². The summed E-state index contributed by atoms with van der Waals surface area (Å²) in [5.74, 6) is -2.25. The zero-order valence-corrected chi connectivity index (χ0v) is 13.4. The van der Waals surface area contributed by atoms with Gasteiger partial charge in [0, 0.05) is 22.8 Å². The highest BCUT2D eigenvalue weighted by Gasteiger charge is 2.28. The predicted molar refractivity (Wildman–Crippen MR) is 88.9 cm³/mol. The first-order chi connectivity index (χ1) is 10.9. The normalized spacial score (nSPS) is 11.7. The van der Waals surface area contributed by atoms with Crippen molar-refractivity contribution in [1.29, 1.82) is 0 Å². The topological polar surface area (TPSA) is 111 Å². The van der Waals surface area contributed by atoms with E-state index in [1.807, 2.05) is 0 Å². The first-order valence-corrected chi connectivity index (χ1v) is 7.36. The zero-order chi connectivity index (χ0) is 17.0. The summed E-state index contributed by atoms with van der Waals surface area (Å²) in [7, 11) is 0. The number of hydrogen-bond acceptors (Lipinski definition) is 4. The van der Waals surface area contributed by atoms with Crippen LogP contribution in [-0.2, 0) is 16.1 Å². The molecule has 0 saturated carbocycles. The number of nitrogen functional groups attached to an aromatic ring is 1. The second-order valence-electron chi connectivity index (χ2n) is 4.81. The third-order valence-corrected chi connectivity index (χ3v) is 3.71. The van der Waals surface area contributed by atoms with Gasteiger partial charge in [0.25, 0.3) is 0 Å². The number of amides is 2. The van der Waals surface area contributed by atoms with E-state index in [9.17, 15) is 9.59 Å². The van der Waals surface area contributed by atoms with Crippen LogP contribution in [0.1, 0.15) is 17.0 Å². The Morgan fingerprint density at radius 2 is 1.96 bits per heavy atom. The molecule has 8 heteroatoms. The molecular weight excluding hydrogens is 339 g/mol. The van der Waals surface area contributed by atoms with Gasteiger partial charge in [-0.2, -0.15) is 0 Å². The smallest absolute Gasteiger partial charge is 0.237 e. The quantitative estimate of drug-likeness (QED) is 0.713. The SMILES string of the molecule is NC(=O)[C@@H](C(=O)NCc1ccc(N)nc1)c1cc(Cl)ccc1Cl. The van der Waals surface area contributed by atoms with Gasteiger partial charge in [-0.25, -0.2) is 4.98 Å². The molecule has 2 amide bonds. The molecule has 23 heavy (non-hydrogen) atoms. The average Bonchev–Trinajstić information content (AvgIpc) is 2.50. The van der Waals surface area contributed by atoms with E-state index in [2.05, 4.69) is 10.3 Å². The number of anilines is 1. The van der Waals surface area contributed by atoms with Crippen molar-refractivity contribution in [3.05, 3.63) is 57.7 Å². The molecule has 6 nitrogen and oxygen atoms in total. The Morgan fingerprint density at radius 1 is 1.22 bits per heavy atom. The summed E-state index contributed by atoms with van der Waals surface area (Å²) in [6, 6.07) is 7.84. The number of aromatic nitrogens is 1. The summed E-state index contributed by atoms with van der Waals surface area (Å²) < 4.78 is 0. The number of carbonyl (C=O) groups excluding carboxylic acids is 2. The highest BCUT2D eigenvalue weighted by molar-refractivity contribution is 6.34. The van der Waals surface area contributed by atoms with E-state index in [0.29, 0.717) is 10.8 Å². The first-order valence-electron chi connectivity index (χ1n) is 6.61. The Kier molecular flexibility index (Phi) is 5.41. The van der Waals surface area contributed by atoms with Gasteiger partial charge < -0.3 is 16.8 Å². The van der Waals surface area contributed by atoms with E-state index in [1.54, 1.807) is 18.2 Å². The number of hydrogen-bond donors (Lipinski definition) is 3. The van der Waals surface area contributed by atoms with Crippen LogP contribution in [-0.4, -0.2) is 16.8 Å². The number of nitrogens with zero attached hydrogens (tertiary/aromatic N) is 1. The molecular formula is C15H14Cl2N4O2. The Balaban J connectivity index is 2.17. The third kappa shape index (κ3) is 4.34. The lowest BCUT2D eigenvalue weighted by Crippen LogP contribution is -2.37. The fraction of sp³-hybridized carbons (Fsp3) is 0.133. The van der Waals surface area contributed by atoms with E-state index >= 15 is 0 Å². The van der Waals surface area contributed by atoms with Crippen LogP contribution < -0.4 is 16.8 Å². The maximum absolute atomic E-state index is 12.3. The lowest BCUT2D eigenvalue weighted by atomic mass is 9.97. The molecule has 0 spiro atoms. The minimum Gasteiger partial charge on any atom is -0.384 e. The Hall–Kier alpha value is -2.31. The van der Waals surface area contributed by atoms with Gasteiger partial charge >= 0.3 is 0 Å². The van der Waals surface area contributed by atoms with E-state index in [4.69, 9.17) is 34.7 Å². The molecule has 1 heterocycles. The predicted octanol–water partition coefficient (Wildman–Crippen LogP) is 1.86. The molecule has 0 radical (unpaired) electrons. The fourth-order valence-electron chi connectivity index (χ4n) is 1.99. The fourth-order valence-corrected chi connectivity index (χ4v) is 2.40. The highest BCUT2D eigenvalue weighted by atomic mass is 35.5. The van der Waals surface area contributed by atoms with Crippen LogP contribution in [0.4, 0.5) is 5.82 Å². The van der Waals surface area contributed by atoms with Gasteiger partial charge in [-0.1, -0.05) is 29.3 Å². The number of rotatable bonds is 5. The van der Waals surface area contributed by atoms with Crippen LogP contribution in [0.5, 0.6) is 0 Å². The summed E-state index contributed by atoms with van der Waals surface area (Å²) in [6.07, 6.45) is 1.53. The maximum atomic E-state index is 12.3. The van der Waals surface area contributed by atoms with Gasteiger partial charge in [0.05, 0.1) is 0 Å². The van der Waals surface area contributed by atoms with Crippen molar-refractivity contribution < 1.29 is 9.59 Å². The van der Waals surface area contributed by atoms with Crippen LogP contribution in [0.25, 0.3) is 0 Å². The molecule has 1 aromatic carbocycles. The van der Waals surface area contributed by atoms with Gasteiger partial charge in [0.2, 0.25) is 11.8 Å². The lowest BCUT2D eigenvalue weighted by molar-refractivity contribution is -0.130. The molecule has 2 aromatic rings. The van der Waals surface area contributed by atoms with Crippen molar-refractivity contribution in [2.75, 3.05) is 5.73 Å². The second kappa shape index (κ2) is 7.30. The summed E-state index contributed by atoms with van der Waals surface area (Å²) in [6.45, 7) is 0.175. The number of nitrogens with one attached hydrogen (secondary N) is 1. The van der Waals surface area contributed by atoms with Crippen LogP contribution >= 0.6 is 23.2 Å². The van der Waals surface area contributed by atoms with Gasteiger partial charge in [-0.05, 0) is 35.4 Å². The maximum Gasteiger partial charge on any atom is 0.237 e. The number of nitrogens with two attached hydrogens (primary N) is 2. The van der Waals surface area contributed by atoms with Gasteiger partial charge in [0.1, 0.15) is 11.7 Å². The minimum absolute atomic E-state index is 0.175. The molecule has 0 unspecified atom stereocenters. The average molecular weight is 353 g/mol. The summed E-state index contributed by atoms with van der Waals surface area (Å²) >= 11 is 11.9. The number of primary amides is 1. The Labute approximate surface area is 142 Å². The minimum atomic E-state index is -1.23. The van der Waals surface area contributed by atoms with Crippen LogP contribution in [0, 0.1) is 0 Å². The molecule has 1 aromatic heterocycles. The molecule has 5 N–H and O–H groups in total. The molecule has 0 saturated heterocycles. The van der Waals surface area contributed by atoms with E-state index < -0.39 is 17.7 Å². The largest absolute Gasteiger partial charge is 0.384 e. The number of carbonyl (C=O) groups is 2. The molecule has 0 fully saturated rings. The molecule has 0 bridgehead atoms. The molecule has 0 aliphatic rings. The molecule has 1 atom stereocenters. The highest BCUT2D eigenvalue weighted by Crippen LogP contribution is 2.28. The van der Waals surface area contributed by atoms with Crippen molar-refractivity contribution >= 4 is 40.8 Å². The summed E-state index contributed by atoms with van der Waals surface area (Å²) in [4.78, 5) is 27.9. The van der Waals surface area contributed by atoms with Crippen LogP contribution in [0.15, 0.2) is 36.5 Å². The third-order valence-electron chi connectivity index (χ3n) is 3.13. The molecule has 0 aliphatic heterocycles. The van der Waals surface area contributed by atoms with Gasteiger partial charge in [0.15, 0.2) is 0 Å². The first kappa shape index (κ1) is 17.1. The van der Waals surface area contributed by atoms with Gasteiger partial charge in [-0.3, -0.25) is 9.59 Å². The monoisotopic (exact) mass is 352 g/mol. The van der Waals surface area contributed by atoms with Crippen LogP contribution in [0.3, 0.4) is 0 Å².